The summed E-state index contributed by atoms with van der Waals surface area (Å²) in [6.07, 6.45) is 1.40. The molecule has 0 N–H and O–H groups in total. The third-order valence-corrected chi connectivity index (χ3v) is 3.26. The summed E-state index contributed by atoms with van der Waals surface area (Å²) in [6, 6.07) is 7.61. The van der Waals surface area contributed by atoms with Crippen molar-refractivity contribution in [2.45, 2.75) is 40.2 Å². The highest BCUT2D eigenvalue weighted by Crippen LogP contribution is 2.29. The van der Waals surface area contributed by atoms with Gasteiger partial charge in [-0.15, -0.1) is 0 Å². The molecular formula is C17H20ClNO2. The lowest BCUT2D eigenvalue weighted by Crippen LogP contribution is -2.27. The molecule has 0 aliphatic carbocycles. The molecule has 112 valence electrons. The molecule has 2 rings (SSSR count). The molecular weight excluding hydrogens is 286 g/mol. The third kappa shape index (κ3) is 3.67. The molecule has 4 heteroatoms. The number of carbonyl (C=O) groups is 1. The van der Waals surface area contributed by atoms with Gasteiger partial charge in [0, 0.05) is 16.8 Å². The number of rotatable bonds is 1. The molecule has 0 atom stereocenters. The van der Waals surface area contributed by atoms with Gasteiger partial charge in [-0.3, -0.25) is 4.57 Å². The average molecular weight is 306 g/mol. The number of hydrogen-bond acceptors (Lipinski definition) is 2. The van der Waals surface area contributed by atoms with Crippen LogP contribution in [0.2, 0.25) is 5.02 Å². The van der Waals surface area contributed by atoms with Crippen LogP contribution in [0.3, 0.4) is 0 Å². The Morgan fingerprint density at radius 1 is 1.19 bits per heavy atom. The van der Waals surface area contributed by atoms with E-state index in [0.717, 1.165) is 22.4 Å². The van der Waals surface area contributed by atoms with E-state index in [2.05, 4.69) is 0 Å². The van der Waals surface area contributed by atoms with Gasteiger partial charge in [-0.1, -0.05) is 17.7 Å². The normalized spacial score (nSPS) is 11.5. The van der Waals surface area contributed by atoms with Crippen molar-refractivity contribution < 1.29 is 9.53 Å². The smallest absolute Gasteiger partial charge is 0.418 e. The van der Waals surface area contributed by atoms with Crippen LogP contribution in [0.5, 0.6) is 0 Å². The van der Waals surface area contributed by atoms with Crippen molar-refractivity contribution in [1.29, 1.82) is 0 Å². The van der Waals surface area contributed by atoms with Crippen LogP contribution < -0.4 is 0 Å². The zero-order chi connectivity index (χ0) is 15.8. The van der Waals surface area contributed by atoms with Gasteiger partial charge in [-0.05, 0) is 63.9 Å². The predicted octanol–water partition coefficient (Wildman–Crippen LogP) is 5.21. The zero-order valence-electron chi connectivity index (χ0n) is 13.0. The quantitative estimate of drug-likeness (QED) is 0.724. The molecule has 2 aromatic rings. The zero-order valence-corrected chi connectivity index (χ0v) is 13.8. The van der Waals surface area contributed by atoms with Gasteiger partial charge in [-0.25, -0.2) is 4.79 Å². The van der Waals surface area contributed by atoms with Gasteiger partial charge in [0.25, 0.3) is 0 Å². The Morgan fingerprint density at radius 2 is 1.86 bits per heavy atom. The first-order chi connectivity index (χ1) is 9.67. The van der Waals surface area contributed by atoms with Crippen LogP contribution in [0.4, 0.5) is 4.79 Å². The summed E-state index contributed by atoms with van der Waals surface area (Å²) in [5, 5.41) is 0.644. The first kappa shape index (κ1) is 15.6. The summed E-state index contributed by atoms with van der Waals surface area (Å²) in [6.45, 7) is 9.50. The summed E-state index contributed by atoms with van der Waals surface area (Å²) < 4.78 is 7.00. The second-order valence-corrected chi connectivity index (χ2v) is 6.65. The van der Waals surface area contributed by atoms with Gasteiger partial charge in [0.05, 0.1) is 5.69 Å². The van der Waals surface area contributed by atoms with Crippen LogP contribution in [-0.2, 0) is 4.74 Å². The van der Waals surface area contributed by atoms with Gasteiger partial charge in [0.15, 0.2) is 0 Å². The number of ether oxygens (including phenoxy) is 1. The van der Waals surface area contributed by atoms with E-state index in [-0.39, 0.29) is 6.09 Å². The van der Waals surface area contributed by atoms with Crippen LogP contribution in [0.1, 0.15) is 31.9 Å². The van der Waals surface area contributed by atoms with E-state index in [9.17, 15) is 4.79 Å². The van der Waals surface area contributed by atoms with Crippen molar-refractivity contribution in [1.82, 2.24) is 4.57 Å². The fraction of sp³-hybridized carbons (Fsp3) is 0.353. The lowest BCUT2D eigenvalue weighted by Gasteiger charge is -2.20. The summed E-state index contributed by atoms with van der Waals surface area (Å²) in [5.74, 6) is 0. The molecule has 0 radical (unpaired) electrons. The van der Waals surface area contributed by atoms with E-state index in [0.29, 0.717) is 5.02 Å². The van der Waals surface area contributed by atoms with Crippen molar-refractivity contribution in [2.75, 3.05) is 0 Å². The molecule has 0 saturated heterocycles. The minimum absolute atomic E-state index is 0.384. The molecule has 3 nitrogen and oxygen atoms in total. The van der Waals surface area contributed by atoms with Crippen LogP contribution >= 0.6 is 11.6 Å². The number of aromatic nitrogens is 1. The van der Waals surface area contributed by atoms with Gasteiger partial charge in [-0.2, -0.15) is 0 Å². The second kappa shape index (κ2) is 5.57. The van der Waals surface area contributed by atoms with E-state index in [4.69, 9.17) is 16.3 Å². The van der Waals surface area contributed by atoms with E-state index in [1.807, 2.05) is 58.9 Å². The fourth-order valence-electron chi connectivity index (χ4n) is 2.14. The highest BCUT2D eigenvalue weighted by molar-refractivity contribution is 6.30. The molecule has 0 aliphatic heterocycles. The van der Waals surface area contributed by atoms with Crippen LogP contribution in [-0.4, -0.2) is 16.3 Å². The Hall–Kier alpha value is -1.74. The average Bonchev–Trinajstić information content (AvgIpc) is 2.72. The van der Waals surface area contributed by atoms with Crippen LogP contribution in [0.25, 0.3) is 11.3 Å². The van der Waals surface area contributed by atoms with Crippen molar-refractivity contribution in [3.05, 3.63) is 46.6 Å². The van der Waals surface area contributed by atoms with Crippen molar-refractivity contribution in [2.24, 2.45) is 0 Å². The highest BCUT2D eigenvalue weighted by atomic mass is 35.5. The largest absolute Gasteiger partial charge is 0.443 e. The molecule has 0 saturated carbocycles. The summed E-state index contributed by atoms with van der Waals surface area (Å²) in [5.41, 5.74) is 3.25. The Labute approximate surface area is 130 Å². The van der Waals surface area contributed by atoms with E-state index < -0.39 is 5.60 Å². The lowest BCUT2D eigenvalue weighted by molar-refractivity contribution is 0.0540. The Morgan fingerprint density at radius 3 is 2.48 bits per heavy atom. The van der Waals surface area contributed by atoms with Gasteiger partial charge in [0.1, 0.15) is 5.60 Å². The van der Waals surface area contributed by atoms with E-state index in [1.165, 1.54) is 0 Å². The van der Waals surface area contributed by atoms with Crippen molar-refractivity contribution in [3.8, 4) is 11.3 Å². The summed E-state index contributed by atoms with van der Waals surface area (Å²) in [7, 11) is 0. The molecule has 0 fully saturated rings. The Kier molecular flexibility index (Phi) is 4.15. The number of aryl methyl sites for hydroxylation is 2. The van der Waals surface area contributed by atoms with E-state index in [1.54, 1.807) is 10.8 Å². The topological polar surface area (TPSA) is 31.2 Å². The highest BCUT2D eigenvalue weighted by Gasteiger charge is 2.21. The number of carbonyl (C=O) groups excluding carboxylic acids is 1. The lowest BCUT2D eigenvalue weighted by atomic mass is 10.1. The first-order valence-electron chi connectivity index (χ1n) is 6.86. The Bertz CT molecular complexity index is 681. The third-order valence-electron chi connectivity index (χ3n) is 3.02. The maximum absolute atomic E-state index is 12.4. The maximum Gasteiger partial charge on any atom is 0.418 e. The minimum atomic E-state index is -0.532. The molecule has 0 amide bonds. The maximum atomic E-state index is 12.4. The number of nitrogens with zero attached hydrogens (tertiary/aromatic N) is 1. The standard InChI is InChI=1S/C17H20ClNO2/c1-11-8-15(14-9-13(18)7-6-12(14)2)19(10-11)16(20)21-17(3,4)5/h6-10H,1-5H3. The molecule has 0 unspecified atom stereocenters. The van der Waals surface area contributed by atoms with Gasteiger partial charge >= 0.3 is 6.09 Å². The van der Waals surface area contributed by atoms with Crippen molar-refractivity contribution in [3.63, 3.8) is 0 Å². The minimum Gasteiger partial charge on any atom is -0.443 e. The predicted molar refractivity (Wildman–Crippen MR) is 86.0 cm³/mol. The molecule has 0 aliphatic rings. The number of benzene rings is 1. The van der Waals surface area contributed by atoms with Gasteiger partial charge < -0.3 is 4.74 Å². The monoisotopic (exact) mass is 305 g/mol. The molecule has 0 spiro atoms. The van der Waals surface area contributed by atoms with Crippen LogP contribution in [0, 0.1) is 13.8 Å². The second-order valence-electron chi connectivity index (χ2n) is 6.21. The molecule has 1 aromatic carbocycles. The van der Waals surface area contributed by atoms with E-state index >= 15 is 0 Å². The fourth-order valence-corrected chi connectivity index (χ4v) is 2.31. The van der Waals surface area contributed by atoms with Crippen molar-refractivity contribution >= 4 is 17.7 Å². The molecule has 0 bridgehead atoms. The number of halogens is 1. The molecule has 21 heavy (non-hydrogen) atoms. The summed E-state index contributed by atoms with van der Waals surface area (Å²) in [4.78, 5) is 12.4. The molecule has 1 heterocycles. The number of hydrogen-bond donors (Lipinski definition) is 0. The first-order valence-corrected chi connectivity index (χ1v) is 7.24. The summed E-state index contributed by atoms with van der Waals surface area (Å²) >= 11 is 6.09. The Balaban J connectivity index is 2.51. The molecule has 1 aromatic heterocycles. The SMILES string of the molecule is Cc1cc(-c2cc(Cl)ccc2C)n(C(=O)OC(C)(C)C)c1. The van der Waals surface area contributed by atoms with Gasteiger partial charge in [0.2, 0.25) is 0 Å². The van der Waals surface area contributed by atoms with Crippen LogP contribution in [0.15, 0.2) is 30.5 Å².